The second kappa shape index (κ2) is 8.45. The molecule has 1 amide bonds. The van der Waals surface area contributed by atoms with E-state index >= 15 is 0 Å². The molecule has 3 heterocycles. The van der Waals surface area contributed by atoms with Crippen LogP contribution in [-0.2, 0) is 11.2 Å². The Bertz CT molecular complexity index is 1110. The summed E-state index contributed by atoms with van der Waals surface area (Å²) in [4.78, 5) is 26.5. The van der Waals surface area contributed by atoms with Crippen molar-refractivity contribution in [3.05, 3.63) is 72.4 Å². The smallest absolute Gasteiger partial charge is 0.229 e. The molecule has 2 unspecified atom stereocenters. The summed E-state index contributed by atoms with van der Waals surface area (Å²) < 4.78 is 18.7. The average molecular weight is 433 g/mol. The number of rotatable bonds is 4. The van der Waals surface area contributed by atoms with Gasteiger partial charge in [-0.25, -0.2) is 9.37 Å². The molecule has 32 heavy (non-hydrogen) atoms. The van der Waals surface area contributed by atoms with Crippen LogP contribution in [0.25, 0.3) is 0 Å². The first-order valence-electron chi connectivity index (χ1n) is 10.6. The Morgan fingerprint density at radius 2 is 2.00 bits per heavy atom. The predicted octanol–water partition coefficient (Wildman–Crippen LogP) is 3.13. The summed E-state index contributed by atoms with van der Waals surface area (Å²) in [6.45, 7) is 2.18. The number of fused-ring (bicyclic) bond motifs is 3. The minimum absolute atomic E-state index is 0.0502. The maximum absolute atomic E-state index is 13.4. The molecule has 1 aromatic heterocycles. The van der Waals surface area contributed by atoms with E-state index in [1.165, 1.54) is 12.1 Å². The topological polar surface area (TPSA) is 70.6 Å². The second-order valence-corrected chi connectivity index (χ2v) is 8.07. The average Bonchev–Trinajstić information content (AvgIpc) is 2.84. The van der Waals surface area contributed by atoms with Crippen LogP contribution in [0.2, 0.25) is 0 Å². The van der Waals surface area contributed by atoms with Crippen LogP contribution in [0.15, 0.2) is 61.1 Å². The molecule has 8 heteroatoms. The number of nitrogens with one attached hydrogen (secondary N) is 1. The molecular weight excluding hydrogens is 409 g/mol. The summed E-state index contributed by atoms with van der Waals surface area (Å²) >= 11 is 0. The molecule has 1 fully saturated rings. The molecule has 0 saturated carbocycles. The zero-order valence-corrected chi connectivity index (χ0v) is 17.7. The zero-order valence-electron chi connectivity index (χ0n) is 17.7. The monoisotopic (exact) mass is 433 g/mol. The molecule has 0 aliphatic carbocycles. The maximum Gasteiger partial charge on any atom is 0.229 e. The number of ether oxygens (including phenoxy) is 1. The van der Waals surface area contributed by atoms with Gasteiger partial charge in [0.15, 0.2) is 0 Å². The number of nitrogens with zero attached hydrogens (tertiary/aromatic N) is 4. The molecule has 1 N–H and O–H groups in total. The lowest BCUT2D eigenvalue weighted by molar-refractivity contribution is -0.120. The fourth-order valence-corrected chi connectivity index (χ4v) is 4.64. The van der Waals surface area contributed by atoms with Crippen LogP contribution >= 0.6 is 0 Å². The van der Waals surface area contributed by atoms with E-state index in [1.807, 2.05) is 12.1 Å². The number of piperazine rings is 1. The van der Waals surface area contributed by atoms with Gasteiger partial charge in [-0.1, -0.05) is 6.07 Å². The minimum Gasteiger partial charge on any atom is -0.497 e. The predicted molar refractivity (Wildman–Crippen MR) is 121 cm³/mol. The zero-order chi connectivity index (χ0) is 22.1. The van der Waals surface area contributed by atoms with E-state index in [-0.39, 0.29) is 23.7 Å². The van der Waals surface area contributed by atoms with Crippen molar-refractivity contribution in [3.63, 3.8) is 0 Å². The summed E-state index contributed by atoms with van der Waals surface area (Å²) in [7, 11) is 1.66. The molecule has 2 aliphatic rings. The third-order valence-electron chi connectivity index (χ3n) is 6.25. The van der Waals surface area contributed by atoms with Gasteiger partial charge in [0, 0.05) is 49.5 Å². The maximum atomic E-state index is 13.4. The Labute approximate surface area is 185 Å². The number of anilines is 3. The lowest BCUT2D eigenvalue weighted by atomic mass is 9.83. The third-order valence-corrected chi connectivity index (χ3v) is 6.25. The van der Waals surface area contributed by atoms with Crippen LogP contribution < -0.4 is 19.9 Å². The molecule has 164 valence electrons. The normalized spacial score (nSPS) is 19.7. The first-order chi connectivity index (χ1) is 15.6. The molecule has 1 saturated heterocycles. The molecule has 0 radical (unpaired) electrons. The molecule has 2 atom stereocenters. The van der Waals surface area contributed by atoms with Crippen molar-refractivity contribution < 1.29 is 13.9 Å². The second-order valence-electron chi connectivity index (χ2n) is 8.07. The summed E-state index contributed by atoms with van der Waals surface area (Å²) in [6.07, 6.45) is 5.70. The number of carbonyl (C=O) groups is 1. The Kier molecular flexibility index (Phi) is 5.34. The van der Waals surface area contributed by atoms with E-state index in [0.717, 1.165) is 35.9 Å². The number of hydrogen-bond acceptors (Lipinski definition) is 6. The van der Waals surface area contributed by atoms with Gasteiger partial charge in [0.1, 0.15) is 17.4 Å². The number of benzene rings is 2. The molecule has 0 bridgehead atoms. The highest BCUT2D eigenvalue weighted by Crippen LogP contribution is 2.39. The van der Waals surface area contributed by atoms with Gasteiger partial charge in [0.05, 0.1) is 25.3 Å². The molecule has 2 aliphatic heterocycles. The van der Waals surface area contributed by atoms with Gasteiger partial charge < -0.3 is 19.9 Å². The van der Waals surface area contributed by atoms with Gasteiger partial charge in [-0.2, -0.15) is 0 Å². The summed E-state index contributed by atoms with van der Waals surface area (Å²) in [5.74, 6) is 0.922. The van der Waals surface area contributed by atoms with E-state index in [1.54, 1.807) is 37.8 Å². The van der Waals surface area contributed by atoms with Gasteiger partial charge in [-0.15, -0.1) is 0 Å². The number of halogens is 1. The molecule has 2 aromatic carbocycles. The largest absolute Gasteiger partial charge is 0.497 e. The number of carbonyl (C=O) groups excluding carboxylic acids is 1. The molecular formula is C24H24FN5O2. The first kappa shape index (κ1) is 20.2. The van der Waals surface area contributed by atoms with E-state index in [9.17, 15) is 9.18 Å². The quantitative estimate of drug-likeness (QED) is 0.682. The third kappa shape index (κ3) is 3.84. The summed E-state index contributed by atoms with van der Waals surface area (Å²) in [5, 5.41) is 2.98. The van der Waals surface area contributed by atoms with Crippen LogP contribution in [0.3, 0.4) is 0 Å². The van der Waals surface area contributed by atoms with Gasteiger partial charge in [0.2, 0.25) is 5.91 Å². The van der Waals surface area contributed by atoms with Gasteiger partial charge >= 0.3 is 0 Å². The fourth-order valence-electron chi connectivity index (χ4n) is 4.64. The van der Waals surface area contributed by atoms with Crippen molar-refractivity contribution in [3.8, 4) is 5.75 Å². The molecule has 5 rings (SSSR count). The lowest BCUT2D eigenvalue weighted by Gasteiger charge is -2.49. The summed E-state index contributed by atoms with van der Waals surface area (Å²) in [6, 6.07) is 11.8. The number of aromatic nitrogens is 2. The van der Waals surface area contributed by atoms with Crippen molar-refractivity contribution in [2.45, 2.75) is 12.5 Å². The Morgan fingerprint density at radius 1 is 1.16 bits per heavy atom. The van der Waals surface area contributed by atoms with E-state index in [2.05, 4.69) is 31.2 Å². The number of hydrogen-bond donors (Lipinski definition) is 1. The SMILES string of the molecule is COc1ccc2c(c1)N1CCN(c3cnccn3)CC1C(C(=O)Nc1ccc(F)cc1)C2. The fraction of sp³-hybridized carbons (Fsp3) is 0.292. The van der Waals surface area contributed by atoms with Crippen LogP contribution in [0.1, 0.15) is 5.56 Å². The Morgan fingerprint density at radius 3 is 2.75 bits per heavy atom. The van der Waals surface area contributed by atoms with Crippen LogP contribution in [0.4, 0.5) is 21.6 Å². The van der Waals surface area contributed by atoms with Crippen molar-refractivity contribution in [2.24, 2.45) is 5.92 Å². The van der Waals surface area contributed by atoms with E-state index < -0.39 is 0 Å². The standard InChI is InChI=1S/C24H24FN5O2/c1-32-19-7-2-16-12-20(24(31)28-18-5-3-17(25)4-6-18)22-15-29(23-14-26-8-9-27-23)10-11-30(22)21(16)13-19/h2-9,13-14,20,22H,10-12,15H2,1H3,(H,28,31). The highest BCUT2D eigenvalue weighted by atomic mass is 19.1. The number of amides is 1. The van der Waals surface area contributed by atoms with Crippen LogP contribution in [0, 0.1) is 11.7 Å². The van der Waals surface area contributed by atoms with Gasteiger partial charge in [-0.05, 0) is 42.3 Å². The Hall–Kier alpha value is -3.68. The van der Waals surface area contributed by atoms with Gasteiger partial charge in [0.25, 0.3) is 0 Å². The van der Waals surface area contributed by atoms with Crippen LogP contribution in [0.5, 0.6) is 5.75 Å². The lowest BCUT2D eigenvalue weighted by Crippen LogP contribution is -2.60. The highest BCUT2D eigenvalue weighted by Gasteiger charge is 2.42. The minimum atomic E-state index is -0.332. The van der Waals surface area contributed by atoms with Crippen molar-refractivity contribution in [1.29, 1.82) is 0 Å². The van der Waals surface area contributed by atoms with Crippen molar-refractivity contribution >= 4 is 23.1 Å². The van der Waals surface area contributed by atoms with Crippen LogP contribution in [-0.4, -0.2) is 48.7 Å². The van der Waals surface area contributed by atoms with E-state index in [0.29, 0.717) is 18.7 Å². The van der Waals surface area contributed by atoms with Gasteiger partial charge in [-0.3, -0.25) is 9.78 Å². The first-order valence-corrected chi connectivity index (χ1v) is 10.6. The van der Waals surface area contributed by atoms with Crippen molar-refractivity contribution in [1.82, 2.24) is 9.97 Å². The molecule has 7 nitrogen and oxygen atoms in total. The highest BCUT2D eigenvalue weighted by molar-refractivity contribution is 5.94. The van der Waals surface area contributed by atoms with E-state index in [4.69, 9.17) is 4.74 Å². The molecule has 0 spiro atoms. The number of methoxy groups -OCH3 is 1. The Balaban J connectivity index is 1.46. The summed E-state index contributed by atoms with van der Waals surface area (Å²) in [5.41, 5.74) is 2.82. The molecule has 3 aromatic rings. The van der Waals surface area contributed by atoms with Crippen molar-refractivity contribution in [2.75, 3.05) is 41.9 Å².